The summed E-state index contributed by atoms with van der Waals surface area (Å²) in [5, 5.41) is 6.03. The van der Waals surface area contributed by atoms with E-state index in [9.17, 15) is 28.3 Å². The van der Waals surface area contributed by atoms with Gasteiger partial charge in [0.15, 0.2) is 5.54 Å². The molecule has 2 aliphatic rings. The number of nitrogens with one attached hydrogen (secondary N) is 2. The lowest BCUT2D eigenvalue weighted by molar-refractivity contribution is -0.152. The van der Waals surface area contributed by atoms with Crippen LogP contribution in [0.4, 0.5) is 4.79 Å². The van der Waals surface area contributed by atoms with Gasteiger partial charge in [-0.15, -0.1) is 0 Å². The Labute approximate surface area is 264 Å². The second kappa shape index (κ2) is 14.0. The molecular weight excluding hydrogens is 607 g/mol. The first-order valence-corrected chi connectivity index (χ1v) is 16.1. The van der Waals surface area contributed by atoms with Gasteiger partial charge in [0.25, 0.3) is 5.91 Å². The number of nitrogens with zero attached hydrogens (tertiary/aromatic N) is 4. The van der Waals surface area contributed by atoms with Crippen LogP contribution in [-0.2, 0) is 45.2 Å². The van der Waals surface area contributed by atoms with E-state index in [1.165, 1.54) is 0 Å². The number of carbonyl (C=O) groups excluding carboxylic acids is 3. The summed E-state index contributed by atoms with van der Waals surface area (Å²) in [5.74, 6) is -2.72. The van der Waals surface area contributed by atoms with Gasteiger partial charge in [0.1, 0.15) is 18.8 Å². The minimum absolute atomic E-state index is 0.122. The molecule has 1 aromatic rings. The maximum atomic E-state index is 13.6. The molecule has 2 heterocycles. The molecule has 2 aliphatic heterocycles. The molecule has 45 heavy (non-hydrogen) atoms. The third-order valence-corrected chi connectivity index (χ3v) is 9.42. The van der Waals surface area contributed by atoms with Crippen LogP contribution in [0.5, 0.6) is 0 Å². The van der Waals surface area contributed by atoms with Crippen molar-refractivity contribution in [3.05, 3.63) is 46.3 Å². The van der Waals surface area contributed by atoms with E-state index in [1.54, 1.807) is 51.1 Å². The summed E-state index contributed by atoms with van der Waals surface area (Å²) in [6, 6.07) is 8.85. The van der Waals surface area contributed by atoms with E-state index in [-0.39, 0.29) is 19.6 Å². The zero-order valence-corrected chi connectivity index (χ0v) is 27.7. The van der Waals surface area contributed by atoms with Crippen molar-refractivity contribution in [2.45, 2.75) is 96.6 Å². The van der Waals surface area contributed by atoms with Gasteiger partial charge in [0.05, 0.1) is 11.2 Å². The molecule has 0 unspecified atom stereocenters. The fraction of sp³-hybridized carbons (Fsp3) is 0.679. The summed E-state index contributed by atoms with van der Waals surface area (Å²) in [4.78, 5) is 40.9. The lowest BCUT2D eigenvalue weighted by atomic mass is 9.78. The molecule has 1 aromatic carbocycles. The maximum Gasteiger partial charge on any atom is 0.457 e. The van der Waals surface area contributed by atoms with Crippen molar-refractivity contribution in [3.63, 3.8) is 0 Å². The Balaban J connectivity index is 1.77. The van der Waals surface area contributed by atoms with Crippen molar-refractivity contribution in [3.8, 4) is 0 Å². The van der Waals surface area contributed by atoms with Gasteiger partial charge in [-0.1, -0.05) is 41.9 Å². The topological polar surface area (TPSA) is 198 Å². The molecule has 0 radical (unpaired) electrons. The molecule has 248 valence electrons. The van der Waals surface area contributed by atoms with Crippen LogP contribution in [-0.4, -0.2) is 79.8 Å². The number of amides is 2. The van der Waals surface area contributed by atoms with Gasteiger partial charge in [0, 0.05) is 18.0 Å². The van der Waals surface area contributed by atoms with Gasteiger partial charge in [0.2, 0.25) is 0 Å². The Morgan fingerprint density at radius 2 is 1.76 bits per heavy atom. The van der Waals surface area contributed by atoms with Crippen LogP contribution in [0.3, 0.4) is 0 Å². The Kier molecular flexibility index (Phi) is 11.2. The van der Waals surface area contributed by atoms with Gasteiger partial charge >= 0.3 is 29.4 Å². The molecule has 0 aliphatic carbocycles. The average Bonchev–Trinajstić information content (AvgIpc) is 3.39. The summed E-state index contributed by atoms with van der Waals surface area (Å²) in [6.07, 6.45) is 0.232. The van der Waals surface area contributed by atoms with E-state index in [0.29, 0.717) is 18.3 Å². The summed E-state index contributed by atoms with van der Waals surface area (Å²) in [6.45, 7) is 11.0. The second-order valence-electron chi connectivity index (χ2n) is 13.2. The molecule has 2 N–H and O–H groups in total. The summed E-state index contributed by atoms with van der Waals surface area (Å²) in [5.41, 5.74) is 6.39. The fourth-order valence-electron chi connectivity index (χ4n) is 5.01. The maximum absolute atomic E-state index is 13.6. The number of carbonyl (C=O) groups is 3. The molecule has 15 nitrogen and oxygen atoms in total. The van der Waals surface area contributed by atoms with Crippen LogP contribution in [0, 0.1) is 5.92 Å². The van der Waals surface area contributed by atoms with E-state index in [2.05, 4.69) is 15.3 Å². The molecule has 2 atom stereocenters. The minimum atomic E-state index is -4.54. The standard InChI is InChI=1S/C28H43BN6O9S/c1-25(2,3)42-24(38)31-16-22(36)32-45(39,40)35-17-21(14-11-15-29-43-26(4,5)27(6,7)44-29)28(19-35,33-34-30)23(37)41-18-20-12-9-8-10-13-20/h8-10,12-13,21H,11,14-19H2,1-7H3,(H,31,38)(H,32,36)/t21-,28-/m0/s1. The SMILES string of the molecule is CC(C)(C)OC(=O)NCC(=O)NS(=O)(=O)N1C[C@H](CCCB2OC(C)(C)C(C)(C)O2)[C@](N=[N+]=[N-])(C(=O)OCc2ccccc2)C1. The summed E-state index contributed by atoms with van der Waals surface area (Å²) in [7, 11) is -5.06. The molecule has 0 saturated carbocycles. The summed E-state index contributed by atoms with van der Waals surface area (Å²) < 4.78 is 52.1. The Morgan fingerprint density at radius 1 is 1.13 bits per heavy atom. The van der Waals surface area contributed by atoms with Crippen LogP contribution in [0.2, 0.25) is 6.32 Å². The fourth-order valence-corrected chi connectivity index (χ4v) is 6.24. The van der Waals surface area contributed by atoms with Crippen molar-refractivity contribution in [1.29, 1.82) is 0 Å². The van der Waals surface area contributed by atoms with Gasteiger partial charge in [-0.2, -0.15) is 12.7 Å². The lowest BCUT2D eigenvalue weighted by Gasteiger charge is -2.32. The van der Waals surface area contributed by atoms with Crippen molar-refractivity contribution in [1.82, 2.24) is 14.3 Å². The van der Waals surface area contributed by atoms with Crippen molar-refractivity contribution in [2.24, 2.45) is 11.0 Å². The number of azide groups is 1. The highest BCUT2D eigenvalue weighted by Gasteiger charge is 2.56. The highest BCUT2D eigenvalue weighted by molar-refractivity contribution is 7.87. The highest BCUT2D eigenvalue weighted by Crippen LogP contribution is 2.41. The first-order chi connectivity index (χ1) is 20.8. The predicted molar refractivity (Wildman–Crippen MR) is 165 cm³/mol. The predicted octanol–water partition coefficient (Wildman–Crippen LogP) is 3.47. The number of hydrogen-bond acceptors (Lipinski definition) is 10. The zero-order chi connectivity index (χ0) is 33.7. The molecule has 0 bridgehead atoms. The van der Waals surface area contributed by atoms with Gasteiger partial charge in [-0.25, -0.2) is 9.52 Å². The Bertz CT molecular complexity index is 1380. The van der Waals surface area contributed by atoms with Crippen molar-refractivity contribution in [2.75, 3.05) is 19.6 Å². The normalized spacial score (nSPS) is 22.7. The third-order valence-electron chi connectivity index (χ3n) is 7.98. The highest BCUT2D eigenvalue weighted by atomic mass is 32.2. The van der Waals surface area contributed by atoms with Gasteiger partial charge < -0.3 is 24.1 Å². The molecule has 2 saturated heterocycles. The van der Waals surface area contributed by atoms with E-state index in [1.807, 2.05) is 32.4 Å². The van der Waals surface area contributed by atoms with Crippen molar-refractivity contribution < 1.29 is 41.6 Å². The lowest BCUT2D eigenvalue weighted by Crippen LogP contribution is -2.49. The quantitative estimate of drug-likeness (QED) is 0.112. The number of alkyl carbamates (subject to hydrolysis) is 1. The minimum Gasteiger partial charge on any atom is -0.460 e. The van der Waals surface area contributed by atoms with Crippen LogP contribution < -0.4 is 10.0 Å². The molecule has 17 heteroatoms. The zero-order valence-electron chi connectivity index (χ0n) is 26.9. The first-order valence-electron chi connectivity index (χ1n) is 14.7. The van der Waals surface area contributed by atoms with Crippen molar-refractivity contribution >= 4 is 35.3 Å². The van der Waals surface area contributed by atoms with Gasteiger partial charge in [-0.05, 0) is 78.2 Å². The van der Waals surface area contributed by atoms with E-state index in [0.717, 1.165) is 4.31 Å². The van der Waals surface area contributed by atoms with E-state index in [4.69, 9.17) is 18.8 Å². The van der Waals surface area contributed by atoms with Crippen LogP contribution in [0.1, 0.15) is 66.9 Å². The molecule has 3 rings (SSSR count). The molecule has 0 spiro atoms. The van der Waals surface area contributed by atoms with E-state index < -0.39 is 76.6 Å². The Hall–Kier alpha value is -3.37. The largest absolute Gasteiger partial charge is 0.460 e. The smallest absolute Gasteiger partial charge is 0.457 e. The number of ether oxygens (including phenoxy) is 2. The monoisotopic (exact) mass is 650 g/mol. The van der Waals surface area contributed by atoms with Crippen LogP contribution in [0.25, 0.3) is 10.4 Å². The molecule has 2 fully saturated rings. The Morgan fingerprint density at radius 3 is 2.33 bits per heavy atom. The molecule has 2 amide bonds. The van der Waals surface area contributed by atoms with Crippen LogP contribution in [0.15, 0.2) is 35.4 Å². The second-order valence-corrected chi connectivity index (χ2v) is 14.8. The average molecular weight is 651 g/mol. The van der Waals surface area contributed by atoms with E-state index >= 15 is 0 Å². The number of benzene rings is 1. The number of esters is 1. The van der Waals surface area contributed by atoms with Gasteiger partial charge in [-0.3, -0.25) is 9.59 Å². The number of rotatable bonds is 12. The number of hydrogen-bond donors (Lipinski definition) is 2. The summed E-state index contributed by atoms with van der Waals surface area (Å²) >= 11 is 0. The molecule has 0 aromatic heterocycles. The third kappa shape index (κ3) is 9.33. The molecular formula is C28H43BN6O9S. The first kappa shape index (κ1) is 36.1. The van der Waals surface area contributed by atoms with Crippen LogP contribution >= 0.6 is 0 Å².